The Balaban J connectivity index is 2.53. The Morgan fingerprint density at radius 2 is 2.13 bits per heavy atom. The van der Waals surface area contributed by atoms with Crippen LogP contribution in [0, 0.1) is 0 Å². The molecule has 1 aromatic rings. The van der Waals surface area contributed by atoms with E-state index >= 15 is 0 Å². The zero-order valence-corrected chi connectivity index (χ0v) is 15.5. The second kappa shape index (κ2) is 8.08. The minimum atomic E-state index is -0.532. The lowest BCUT2D eigenvalue weighted by atomic mass is 9.96. The normalized spacial score (nSPS) is 17.6. The molecule has 1 heterocycles. The van der Waals surface area contributed by atoms with Gasteiger partial charge < -0.3 is 10.1 Å². The highest BCUT2D eigenvalue weighted by atomic mass is 35.5. The fourth-order valence-electron chi connectivity index (χ4n) is 2.29. The molecule has 2 rings (SSSR count). The number of hydrogen-bond donors (Lipinski definition) is 1. The van der Waals surface area contributed by atoms with Gasteiger partial charge in [0.15, 0.2) is 5.17 Å². The molecule has 0 amide bonds. The van der Waals surface area contributed by atoms with Crippen molar-refractivity contribution >= 4 is 46.1 Å². The van der Waals surface area contributed by atoms with Crippen LogP contribution >= 0.6 is 35.0 Å². The number of thioether (sulfide) groups is 1. The fraction of sp³-hybridized carbons (Fsp3) is 0.375. The van der Waals surface area contributed by atoms with Crippen LogP contribution in [0.1, 0.15) is 32.4 Å². The van der Waals surface area contributed by atoms with Crippen LogP contribution in [-0.2, 0) is 9.53 Å². The minimum absolute atomic E-state index is 0.298. The van der Waals surface area contributed by atoms with Gasteiger partial charge in [-0.15, -0.1) is 0 Å². The first-order chi connectivity index (χ1) is 11.0. The zero-order chi connectivity index (χ0) is 17.0. The van der Waals surface area contributed by atoms with Crippen molar-refractivity contribution in [2.45, 2.75) is 26.8 Å². The first-order valence-corrected chi connectivity index (χ1v) is 9.03. The molecule has 1 atom stereocenters. The molecule has 1 aliphatic heterocycles. The molecule has 0 aromatic heterocycles. The number of hydrogen-bond acceptors (Lipinski definition) is 5. The first-order valence-electron chi connectivity index (χ1n) is 7.29. The topological polar surface area (TPSA) is 50.7 Å². The van der Waals surface area contributed by atoms with E-state index in [0.717, 1.165) is 16.6 Å². The quantitative estimate of drug-likeness (QED) is 0.785. The van der Waals surface area contributed by atoms with Crippen molar-refractivity contribution in [3.63, 3.8) is 0 Å². The van der Waals surface area contributed by atoms with Crippen LogP contribution in [0.15, 0.2) is 34.5 Å². The molecule has 0 fully saturated rings. The molecule has 1 N–H and O–H groups in total. The number of carbonyl (C=O) groups excluding carboxylic acids is 1. The van der Waals surface area contributed by atoms with Gasteiger partial charge in [-0.2, -0.15) is 0 Å². The standard InChI is InChI=1S/C16H18Cl2N2O2S/c1-4-22-15(21)12-9(3)19-16(23-5-2)20-14(12)10-7-6-8-11(17)13(10)18/h6-8,14H,4-5H2,1-3H3,(H,19,20)/t14-/m1/s1. The lowest BCUT2D eigenvalue weighted by Crippen LogP contribution is -2.30. The number of allylic oxidation sites excluding steroid dienone is 1. The summed E-state index contributed by atoms with van der Waals surface area (Å²) >= 11 is 14.0. The number of rotatable bonds is 4. The highest BCUT2D eigenvalue weighted by Gasteiger charge is 2.31. The number of ether oxygens (including phenoxy) is 1. The van der Waals surface area contributed by atoms with Gasteiger partial charge in [-0.1, -0.05) is 54.0 Å². The highest BCUT2D eigenvalue weighted by Crippen LogP contribution is 2.38. The maximum absolute atomic E-state index is 12.4. The van der Waals surface area contributed by atoms with Crippen LogP contribution in [0.2, 0.25) is 10.0 Å². The van der Waals surface area contributed by atoms with Crippen LogP contribution in [-0.4, -0.2) is 23.5 Å². The smallest absolute Gasteiger partial charge is 0.338 e. The highest BCUT2D eigenvalue weighted by molar-refractivity contribution is 8.13. The average molecular weight is 373 g/mol. The predicted octanol–water partition coefficient (Wildman–Crippen LogP) is 4.58. The Labute approximate surface area is 150 Å². The number of carbonyl (C=O) groups is 1. The third kappa shape index (κ3) is 4.03. The number of nitrogens with zero attached hydrogens (tertiary/aromatic N) is 1. The molecule has 1 aliphatic rings. The molecule has 0 saturated heterocycles. The van der Waals surface area contributed by atoms with E-state index < -0.39 is 12.0 Å². The SMILES string of the molecule is CCOC(=O)C1=C(C)NC(SCC)=N[C@@H]1c1cccc(Cl)c1Cl. The number of amidine groups is 1. The summed E-state index contributed by atoms with van der Waals surface area (Å²) in [7, 11) is 0. The third-order valence-corrected chi connectivity index (χ3v) is 4.87. The molecule has 124 valence electrons. The van der Waals surface area contributed by atoms with Gasteiger partial charge in [-0.25, -0.2) is 9.79 Å². The van der Waals surface area contributed by atoms with E-state index in [1.54, 1.807) is 30.8 Å². The molecule has 0 bridgehead atoms. The molecule has 23 heavy (non-hydrogen) atoms. The lowest BCUT2D eigenvalue weighted by Gasteiger charge is -2.26. The minimum Gasteiger partial charge on any atom is -0.463 e. The van der Waals surface area contributed by atoms with E-state index in [1.807, 2.05) is 19.9 Å². The van der Waals surface area contributed by atoms with Gasteiger partial charge in [0.1, 0.15) is 6.04 Å². The van der Waals surface area contributed by atoms with E-state index in [4.69, 9.17) is 27.9 Å². The first kappa shape index (κ1) is 18.2. The Bertz CT molecular complexity index is 674. The van der Waals surface area contributed by atoms with Gasteiger partial charge >= 0.3 is 5.97 Å². The van der Waals surface area contributed by atoms with Gasteiger partial charge in [0.2, 0.25) is 0 Å². The molecule has 0 spiro atoms. The van der Waals surface area contributed by atoms with Crippen molar-refractivity contribution in [1.29, 1.82) is 0 Å². The maximum atomic E-state index is 12.4. The molecule has 1 aromatic carbocycles. The van der Waals surface area contributed by atoms with E-state index in [1.165, 1.54) is 0 Å². The zero-order valence-electron chi connectivity index (χ0n) is 13.2. The molecular weight excluding hydrogens is 355 g/mol. The molecule has 4 nitrogen and oxygen atoms in total. The van der Waals surface area contributed by atoms with Crippen LogP contribution in [0.4, 0.5) is 0 Å². The van der Waals surface area contributed by atoms with Gasteiger partial charge in [-0.05, 0) is 25.7 Å². The molecule has 0 unspecified atom stereocenters. The summed E-state index contributed by atoms with van der Waals surface area (Å²) < 4.78 is 5.18. The van der Waals surface area contributed by atoms with Crippen molar-refractivity contribution in [3.8, 4) is 0 Å². The molecule has 0 aliphatic carbocycles. The summed E-state index contributed by atoms with van der Waals surface area (Å²) in [5.74, 6) is 0.465. The maximum Gasteiger partial charge on any atom is 0.338 e. The van der Waals surface area contributed by atoms with Crippen LogP contribution in [0.3, 0.4) is 0 Å². The van der Waals surface area contributed by atoms with Crippen molar-refractivity contribution < 1.29 is 9.53 Å². The Kier molecular flexibility index (Phi) is 6.39. The molecular formula is C16H18Cl2N2O2S. The van der Waals surface area contributed by atoms with Crippen molar-refractivity contribution in [3.05, 3.63) is 45.1 Å². The summed E-state index contributed by atoms with van der Waals surface area (Å²) in [5, 5.41) is 4.74. The van der Waals surface area contributed by atoms with Gasteiger partial charge in [0.05, 0.1) is 22.2 Å². The van der Waals surface area contributed by atoms with Crippen molar-refractivity contribution in [1.82, 2.24) is 5.32 Å². The van der Waals surface area contributed by atoms with E-state index in [0.29, 0.717) is 27.8 Å². The Morgan fingerprint density at radius 3 is 2.78 bits per heavy atom. The fourth-order valence-corrected chi connectivity index (χ4v) is 3.38. The van der Waals surface area contributed by atoms with Crippen LogP contribution < -0.4 is 5.32 Å². The number of aliphatic imine (C=N–C) groups is 1. The number of esters is 1. The largest absolute Gasteiger partial charge is 0.463 e. The average Bonchev–Trinajstić information content (AvgIpc) is 2.50. The van der Waals surface area contributed by atoms with Crippen molar-refractivity contribution in [2.75, 3.05) is 12.4 Å². The summed E-state index contributed by atoms with van der Waals surface area (Å²) in [4.78, 5) is 17.0. The monoisotopic (exact) mass is 372 g/mol. The summed E-state index contributed by atoms with van der Waals surface area (Å²) in [6.07, 6.45) is 0. The van der Waals surface area contributed by atoms with Crippen molar-refractivity contribution in [2.24, 2.45) is 4.99 Å². The van der Waals surface area contributed by atoms with Gasteiger partial charge in [-0.3, -0.25) is 0 Å². The Hall–Kier alpha value is -1.17. The molecule has 0 saturated carbocycles. The lowest BCUT2D eigenvalue weighted by molar-refractivity contribution is -0.138. The number of nitrogens with one attached hydrogen (secondary N) is 1. The van der Waals surface area contributed by atoms with E-state index in [2.05, 4.69) is 10.3 Å². The number of halogens is 2. The Morgan fingerprint density at radius 1 is 1.39 bits per heavy atom. The second-order valence-electron chi connectivity index (χ2n) is 4.80. The van der Waals surface area contributed by atoms with Crippen LogP contribution in [0.5, 0.6) is 0 Å². The molecule has 7 heteroatoms. The summed E-state index contributed by atoms with van der Waals surface area (Å²) in [6.45, 7) is 5.94. The second-order valence-corrected chi connectivity index (χ2v) is 6.83. The third-order valence-electron chi connectivity index (χ3n) is 3.27. The van der Waals surface area contributed by atoms with Crippen LogP contribution in [0.25, 0.3) is 0 Å². The van der Waals surface area contributed by atoms with E-state index in [-0.39, 0.29) is 0 Å². The summed E-state index contributed by atoms with van der Waals surface area (Å²) in [6, 6.07) is 4.80. The summed E-state index contributed by atoms with van der Waals surface area (Å²) in [5.41, 5.74) is 1.86. The molecule has 0 radical (unpaired) electrons. The van der Waals surface area contributed by atoms with E-state index in [9.17, 15) is 4.79 Å². The van der Waals surface area contributed by atoms with Gasteiger partial charge in [0, 0.05) is 11.3 Å². The van der Waals surface area contributed by atoms with Gasteiger partial charge in [0.25, 0.3) is 0 Å². The predicted molar refractivity (Wildman–Crippen MR) is 97.2 cm³/mol. The number of benzene rings is 1.